The number of rotatable bonds is 2. The number of allylic oxidation sites excluding steroid dienone is 1. The number of carbonyl (C=O) groups excluding carboxylic acids is 1. The van der Waals surface area contributed by atoms with Crippen LogP contribution in [0.5, 0.6) is 0 Å². The van der Waals surface area contributed by atoms with Gasteiger partial charge in [-0.25, -0.2) is 0 Å². The van der Waals surface area contributed by atoms with Crippen molar-refractivity contribution in [2.75, 3.05) is 0 Å². The summed E-state index contributed by atoms with van der Waals surface area (Å²) in [6.45, 7) is 8.05. The van der Waals surface area contributed by atoms with Gasteiger partial charge in [-0.1, -0.05) is 20.1 Å². The average Bonchev–Trinajstić information content (AvgIpc) is 2.05. The Morgan fingerprint density at radius 1 is 1.73 bits per heavy atom. The first-order valence-corrected chi connectivity index (χ1v) is 3.03. The lowest BCUT2D eigenvalue weighted by molar-refractivity contribution is -0.137. The second-order valence-corrected chi connectivity index (χ2v) is 1.34. The molecule has 3 nitrogen and oxygen atoms in total. The van der Waals surface area contributed by atoms with Crippen molar-refractivity contribution in [2.45, 2.75) is 13.3 Å². The van der Waals surface area contributed by atoms with Crippen molar-refractivity contribution < 1.29 is 9.53 Å². The van der Waals surface area contributed by atoms with Gasteiger partial charge in [-0.2, -0.15) is 5.26 Å². The highest BCUT2D eigenvalue weighted by Crippen LogP contribution is 1.81. The summed E-state index contributed by atoms with van der Waals surface area (Å²) < 4.78 is 4.32. The van der Waals surface area contributed by atoms with Crippen LogP contribution < -0.4 is 0 Å². The molecular formula is C8H11NO2. The SMILES string of the molecule is C=CC#N.C=COC(=O)CC. The van der Waals surface area contributed by atoms with E-state index in [1.54, 1.807) is 13.0 Å². The number of esters is 1. The van der Waals surface area contributed by atoms with Gasteiger partial charge in [0.15, 0.2) is 0 Å². The molecule has 0 aliphatic heterocycles. The molecule has 0 aromatic rings. The largest absolute Gasteiger partial charge is 0.435 e. The molecule has 0 rings (SSSR count). The molecule has 0 aromatic heterocycles. The summed E-state index contributed by atoms with van der Waals surface area (Å²) in [6, 6.07) is 1.69. The lowest BCUT2D eigenvalue weighted by Crippen LogP contribution is -1.94. The molecule has 0 heterocycles. The molecule has 0 bridgehead atoms. The number of hydrogen-bond acceptors (Lipinski definition) is 3. The fraction of sp³-hybridized carbons (Fsp3) is 0.250. The van der Waals surface area contributed by atoms with Gasteiger partial charge in [0.05, 0.1) is 12.3 Å². The fourth-order valence-corrected chi connectivity index (χ4v) is 0.176. The quantitative estimate of drug-likeness (QED) is 0.345. The minimum Gasteiger partial charge on any atom is -0.435 e. The number of carbonyl (C=O) groups is 1. The molecule has 0 atom stereocenters. The highest BCUT2D eigenvalue weighted by atomic mass is 16.5. The van der Waals surface area contributed by atoms with Crippen molar-refractivity contribution in [3.63, 3.8) is 0 Å². The Bertz CT molecular complexity index is 167. The van der Waals surface area contributed by atoms with Gasteiger partial charge in [-0.15, -0.1) is 0 Å². The second-order valence-electron chi connectivity index (χ2n) is 1.34. The van der Waals surface area contributed by atoms with Crippen LogP contribution in [0.3, 0.4) is 0 Å². The van der Waals surface area contributed by atoms with Crippen LogP contribution in [-0.4, -0.2) is 5.97 Å². The Kier molecular flexibility index (Phi) is 12.4. The number of hydrogen-bond donors (Lipinski definition) is 0. The molecule has 0 amide bonds. The van der Waals surface area contributed by atoms with Crippen LogP contribution >= 0.6 is 0 Å². The molecule has 0 spiro atoms. The van der Waals surface area contributed by atoms with Crippen molar-refractivity contribution in [3.05, 3.63) is 25.5 Å². The molecule has 0 N–H and O–H groups in total. The molecule has 0 aromatic carbocycles. The molecule has 0 radical (unpaired) electrons. The molecule has 0 aliphatic rings. The maximum Gasteiger partial charge on any atom is 0.310 e. The van der Waals surface area contributed by atoms with Gasteiger partial charge in [0.2, 0.25) is 0 Å². The first-order chi connectivity index (χ1) is 5.22. The van der Waals surface area contributed by atoms with Gasteiger partial charge in [-0.3, -0.25) is 4.79 Å². The van der Waals surface area contributed by atoms with E-state index in [4.69, 9.17) is 5.26 Å². The normalized spacial score (nSPS) is 6.18. The third kappa shape index (κ3) is 17.8. The van der Waals surface area contributed by atoms with Gasteiger partial charge >= 0.3 is 5.97 Å². The van der Waals surface area contributed by atoms with Crippen LogP contribution in [0.2, 0.25) is 0 Å². The van der Waals surface area contributed by atoms with Crippen LogP contribution in [0, 0.1) is 11.3 Å². The maximum absolute atomic E-state index is 10.1. The van der Waals surface area contributed by atoms with Crippen molar-refractivity contribution in [1.29, 1.82) is 5.26 Å². The van der Waals surface area contributed by atoms with E-state index in [1.807, 2.05) is 0 Å². The molecule has 0 aliphatic carbocycles. The highest BCUT2D eigenvalue weighted by Gasteiger charge is 1.89. The predicted molar refractivity (Wildman–Crippen MR) is 42.4 cm³/mol. The van der Waals surface area contributed by atoms with E-state index in [0.29, 0.717) is 6.42 Å². The van der Waals surface area contributed by atoms with Crippen LogP contribution in [0.1, 0.15) is 13.3 Å². The number of nitriles is 1. The summed E-state index contributed by atoms with van der Waals surface area (Å²) in [5.41, 5.74) is 0. The Morgan fingerprint density at radius 2 is 2.18 bits per heavy atom. The summed E-state index contributed by atoms with van der Waals surface area (Å²) in [4.78, 5) is 10.1. The topological polar surface area (TPSA) is 50.1 Å². The van der Waals surface area contributed by atoms with E-state index in [-0.39, 0.29) is 5.97 Å². The molecule has 0 fully saturated rings. The first kappa shape index (κ1) is 12.1. The zero-order chi connectivity index (χ0) is 9.11. The van der Waals surface area contributed by atoms with Gasteiger partial charge in [0.25, 0.3) is 0 Å². The lowest BCUT2D eigenvalue weighted by Gasteiger charge is -1.88. The predicted octanol–water partition coefficient (Wildman–Crippen LogP) is 1.78. The average molecular weight is 153 g/mol. The smallest absolute Gasteiger partial charge is 0.310 e. The maximum atomic E-state index is 10.1. The Hall–Kier alpha value is -1.56. The molecule has 0 saturated carbocycles. The highest BCUT2D eigenvalue weighted by molar-refractivity contribution is 5.69. The molecule has 0 saturated heterocycles. The van der Waals surface area contributed by atoms with E-state index < -0.39 is 0 Å². The van der Waals surface area contributed by atoms with Gasteiger partial charge in [-0.05, 0) is 0 Å². The molecular weight excluding hydrogens is 142 g/mol. The van der Waals surface area contributed by atoms with Crippen LogP contribution in [0.4, 0.5) is 0 Å². The summed E-state index contributed by atoms with van der Waals surface area (Å²) in [5, 5.41) is 7.51. The molecule has 0 unspecified atom stereocenters. The molecule has 3 heteroatoms. The zero-order valence-corrected chi connectivity index (χ0v) is 6.54. The van der Waals surface area contributed by atoms with E-state index in [9.17, 15) is 4.79 Å². The minimum absolute atomic E-state index is 0.241. The van der Waals surface area contributed by atoms with E-state index in [2.05, 4.69) is 17.9 Å². The third-order valence-electron chi connectivity index (χ3n) is 0.595. The van der Waals surface area contributed by atoms with Crippen molar-refractivity contribution >= 4 is 5.97 Å². The summed E-state index contributed by atoms with van der Waals surface area (Å²) in [6.07, 6.45) is 2.72. The number of nitrogens with zero attached hydrogens (tertiary/aromatic N) is 1. The minimum atomic E-state index is -0.241. The monoisotopic (exact) mass is 153 g/mol. The number of ether oxygens (including phenoxy) is 1. The van der Waals surface area contributed by atoms with Gasteiger partial charge in [0.1, 0.15) is 0 Å². The van der Waals surface area contributed by atoms with Crippen LogP contribution in [0.25, 0.3) is 0 Å². The van der Waals surface area contributed by atoms with E-state index in [0.717, 1.165) is 6.26 Å². The summed E-state index contributed by atoms with van der Waals surface area (Å²) in [5.74, 6) is -0.241. The standard InChI is InChI=1S/C5H8O2.C3H3N/c1-3-5(6)7-4-2;1-2-3-4/h4H,2-3H2,1H3;2H,1H2. The third-order valence-corrected chi connectivity index (χ3v) is 0.595. The summed E-state index contributed by atoms with van der Waals surface area (Å²) in [7, 11) is 0. The Labute approximate surface area is 66.6 Å². The van der Waals surface area contributed by atoms with Crippen LogP contribution in [0.15, 0.2) is 25.5 Å². The van der Waals surface area contributed by atoms with Crippen molar-refractivity contribution in [2.24, 2.45) is 0 Å². The molecule has 60 valence electrons. The van der Waals surface area contributed by atoms with E-state index in [1.165, 1.54) is 6.08 Å². The Balaban J connectivity index is 0. The van der Waals surface area contributed by atoms with Crippen LogP contribution in [-0.2, 0) is 9.53 Å². The summed E-state index contributed by atoms with van der Waals surface area (Å²) >= 11 is 0. The van der Waals surface area contributed by atoms with Crippen molar-refractivity contribution in [3.8, 4) is 6.07 Å². The first-order valence-electron chi connectivity index (χ1n) is 3.03. The van der Waals surface area contributed by atoms with Gasteiger partial charge < -0.3 is 4.74 Å². The van der Waals surface area contributed by atoms with Gasteiger partial charge in [0, 0.05) is 12.5 Å². The van der Waals surface area contributed by atoms with E-state index >= 15 is 0 Å². The van der Waals surface area contributed by atoms with Crippen molar-refractivity contribution in [1.82, 2.24) is 0 Å². The Morgan fingerprint density at radius 3 is 2.27 bits per heavy atom. The molecule has 11 heavy (non-hydrogen) atoms. The second kappa shape index (κ2) is 11.3. The lowest BCUT2D eigenvalue weighted by atomic mass is 10.5. The fourth-order valence-electron chi connectivity index (χ4n) is 0.176. The zero-order valence-electron chi connectivity index (χ0n) is 6.54.